The average Bonchev–Trinajstić information content (AvgIpc) is 2.76. The fraction of sp³-hybridized carbons (Fsp3) is 0.500. The molecular weight excluding hydrogens is 400 g/mol. The van der Waals surface area contributed by atoms with Gasteiger partial charge in [0.05, 0.1) is 26.4 Å². The zero-order valence-electron chi connectivity index (χ0n) is 18.9. The lowest BCUT2D eigenvalue weighted by atomic mass is 10.2. The molecule has 0 amide bonds. The molecule has 2 aromatic carbocycles. The Morgan fingerprint density at radius 1 is 0.484 bits per heavy atom. The van der Waals surface area contributed by atoms with Crippen molar-refractivity contribution >= 4 is 0 Å². The van der Waals surface area contributed by atoms with Crippen molar-refractivity contribution in [3.05, 3.63) is 24.3 Å². The molecule has 0 aliphatic carbocycles. The van der Waals surface area contributed by atoms with E-state index in [2.05, 4.69) is 0 Å². The van der Waals surface area contributed by atoms with Crippen molar-refractivity contribution in [1.82, 2.24) is 0 Å². The van der Waals surface area contributed by atoms with Crippen LogP contribution in [0, 0.1) is 0 Å². The van der Waals surface area contributed by atoms with Gasteiger partial charge in [0.2, 0.25) is 0 Å². The Hall–Kier alpha value is -2.96. The van der Waals surface area contributed by atoms with E-state index in [0.29, 0.717) is 60.9 Å². The highest BCUT2D eigenvalue weighted by atomic mass is 16.5. The number of phenols is 2. The quantitative estimate of drug-likeness (QED) is 0.374. The molecule has 0 fully saturated rings. The molecule has 2 aromatic rings. The summed E-state index contributed by atoms with van der Waals surface area (Å²) in [6.45, 7) is 9.80. The van der Waals surface area contributed by atoms with E-state index in [4.69, 9.17) is 23.7 Å². The monoisotopic (exact) mass is 434 g/mol. The van der Waals surface area contributed by atoms with Crippen LogP contribution in [0.5, 0.6) is 46.0 Å². The van der Waals surface area contributed by atoms with Gasteiger partial charge in [0, 0.05) is 24.3 Å². The number of phenolic OH excluding ortho intramolecular Hbond substituents is 2. The Morgan fingerprint density at radius 2 is 0.806 bits per heavy atom. The summed E-state index contributed by atoms with van der Waals surface area (Å²) in [6.07, 6.45) is 3.20. The van der Waals surface area contributed by atoms with Gasteiger partial charge in [-0.3, -0.25) is 0 Å². The van der Waals surface area contributed by atoms with Gasteiger partial charge in [-0.05, 0) is 25.7 Å². The van der Waals surface area contributed by atoms with E-state index in [1.165, 1.54) is 12.1 Å². The van der Waals surface area contributed by atoms with Crippen LogP contribution in [0.3, 0.4) is 0 Å². The summed E-state index contributed by atoms with van der Waals surface area (Å²) in [7, 11) is 0. The molecule has 2 rings (SSSR count). The fourth-order valence-corrected chi connectivity index (χ4v) is 2.64. The summed E-state index contributed by atoms with van der Waals surface area (Å²) in [5.74, 6) is 2.06. The maximum Gasteiger partial charge on any atom is 0.173 e. The summed E-state index contributed by atoms with van der Waals surface area (Å²) >= 11 is 0. The topological polar surface area (TPSA) is 86.6 Å². The maximum atomic E-state index is 10.3. The lowest BCUT2D eigenvalue weighted by molar-refractivity contribution is 0.271. The lowest BCUT2D eigenvalue weighted by Crippen LogP contribution is -2.02. The van der Waals surface area contributed by atoms with Gasteiger partial charge in [-0.2, -0.15) is 0 Å². The van der Waals surface area contributed by atoms with Crippen LogP contribution in [0.15, 0.2) is 24.3 Å². The summed E-state index contributed by atoms with van der Waals surface area (Å²) in [5.41, 5.74) is 0. The fourth-order valence-electron chi connectivity index (χ4n) is 2.64. The minimum absolute atomic E-state index is 0.0213. The van der Waals surface area contributed by atoms with Gasteiger partial charge in [0.15, 0.2) is 46.0 Å². The summed E-state index contributed by atoms with van der Waals surface area (Å²) in [4.78, 5) is 0. The van der Waals surface area contributed by atoms with E-state index < -0.39 is 0 Å². The van der Waals surface area contributed by atoms with Gasteiger partial charge in [-0.1, -0.05) is 27.7 Å². The van der Waals surface area contributed by atoms with Gasteiger partial charge in [-0.25, -0.2) is 0 Å². The lowest BCUT2D eigenvalue weighted by Gasteiger charge is -2.18. The molecule has 0 aliphatic rings. The van der Waals surface area contributed by atoms with Crippen LogP contribution in [-0.4, -0.2) is 36.6 Å². The number of ether oxygens (including phenoxy) is 5. The standard InChI is InChI=1S/C24H34O7/c1-5-9-27-19-15-23(21(13-17(19)25)29-11-7-3)31-24-16-20(28-10-6-2)18(26)14-22(24)30-12-8-4/h13-16,25-26H,5-12H2,1-4H3. The van der Waals surface area contributed by atoms with E-state index in [9.17, 15) is 10.2 Å². The highest BCUT2D eigenvalue weighted by Crippen LogP contribution is 2.46. The van der Waals surface area contributed by atoms with E-state index in [1.807, 2.05) is 27.7 Å². The molecule has 2 N–H and O–H groups in total. The third kappa shape index (κ3) is 7.05. The molecule has 0 bridgehead atoms. The average molecular weight is 435 g/mol. The third-order valence-electron chi connectivity index (χ3n) is 4.12. The van der Waals surface area contributed by atoms with Gasteiger partial charge in [0.25, 0.3) is 0 Å². The van der Waals surface area contributed by atoms with Gasteiger partial charge in [-0.15, -0.1) is 0 Å². The zero-order chi connectivity index (χ0) is 22.6. The van der Waals surface area contributed by atoms with Crippen molar-refractivity contribution in [2.45, 2.75) is 53.4 Å². The van der Waals surface area contributed by atoms with Crippen LogP contribution >= 0.6 is 0 Å². The first-order chi connectivity index (χ1) is 15.0. The molecule has 0 heterocycles. The predicted molar refractivity (Wildman–Crippen MR) is 119 cm³/mol. The number of aromatic hydroxyl groups is 2. The van der Waals surface area contributed by atoms with Crippen LogP contribution < -0.4 is 23.7 Å². The molecule has 7 nitrogen and oxygen atoms in total. The largest absolute Gasteiger partial charge is 0.504 e. The molecule has 0 unspecified atom stereocenters. The second kappa shape index (κ2) is 12.7. The number of rotatable bonds is 14. The Bertz CT molecular complexity index is 753. The number of hydrogen-bond acceptors (Lipinski definition) is 7. The van der Waals surface area contributed by atoms with Crippen molar-refractivity contribution in [2.75, 3.05) is 26.4 Å². The minimum Gasteiger partial charge on any atom is -0.504 e. The normalized spacial score (nSPS) is 10.6. The number of benzene rings is 2. The predicted octanol–water partition coefficient (Wildman–Crippen LogP) is 6.05. The highest BCUT2D eigenvalue weighted by Gasteiger charge is 2.18. The summed E-state index contributed by atoms with van der Waals surface area (Å²) in [5, 5.41) is 20.6. The van der Waals surface area contributed by atoms with Crippen LogP contribution in [0.2, 0.25) is 0 Å². The smallest absolute Gasteiger partial charge is 0.173 e. The molecule has 0 atom stereocenters. The van der Waals surface area contributed by atoms with E-state index >= 15 is 0 Å². The van der Waals surface area contributed by atoms with Gasteiger partial charge < -0.3 is 33.9 Å². The maximum absolute atomic E-state index is 10.3. The first kappa shape index (κ1) is 24.3. The molecule has 0 saturated heterocycles. The second-order valence-electron chi connectivity index (χ2n) is 7.03. The third-order valence-corrected chi connectivity index (χ3v) is 4.12. The molecular formula is C24H34O7. The Labute approximate surface area is 184 Å². The highest BCUT2D eigenvalue weighted by molar-refractivity contribution is 5.58. The molecule has 0 radical (unpaired) electrons. The Balaban J connectivity index is 2.46. The first-order valence-corrected chi connectivity index (χ1v) is 11.0. The van der Waals surface area contributed by atoms with Crippen molar-refractivity contribution in [3.63, 3.8) is 0 Å². The SMILES string of the molecule is CCCOc1cc(Oc2cc(OCCC)c(O)cc2OCCC)c(OCCC)cc1O. The van der Waals surface area contributed by atoms with Crippen LogP contribution in [-0.2, 0) is 0 Å². The molecule has 0 aromatic heterocycles. The van der Waals surface area contributed by atoms with Crippen LogP contribution in [0.4, 0.5) is 0 Å². The molecule has 0 saturated carbocycles. The van der Waals surface area contributed by atoms with Crippen LogP contribution in [0.25, 0.3) is 0 Å². The Kier molecular flexibility index (Phi) is 9.94. The van der Waals surface area contributed by atoms with Crippen molar-refractivity contribution in [2.24, 2.45) is 0 Å². The second-order valence-corrected chi connectivity index (χ2v) is 7.03. The van der Waals surface area contributed by atoms with Crippen molar-refractivity contribution < 1.29 is 33.9 Å². The first-order valence-electron chi connectivity index (χ1n) is 11.0. The number of hydrogen-bond donors (Lipinski definition) is 2. The minimum atomic E-state index is -0.0213. The molecule has 7 heteroatoms. The molecule has 0 spiro atoms. The summed E-state index contributed by atoms with van der Waals surface area (Å²) < 4.78 is 29.0. The van der Waals surface area contributed by atoms with Crippen molar-refractivity contribution in [3.8, 4) is 46.0 Å². The van der Waals surface area contributed by atoms with Gasteiger partial charge in [0.1, 0.15) is 0 Å². The van der Waals surface area contributed by atoms with Gasteiger partial charge >= 0.3 is 0 Å². The van der Waals surface area contributed by atoms with E-state index in [-0.39, 0.29) is 11.5 Å². The zero-order valence-corrected chi connectivity index (χ0v) is 18.9. The molecule has 31 heavy (non-hydrogen) atoms. The Morgan fingerprint density at radius 3 is 1.13 bits per heavy atom. The molecule has 172 valence electrons. The van der Waals surface area contributed by atoms with Crippen LogP contribution in [0.1, 0.15) is 53.4 Å². The molecule has 0 aliphatic heterocycles. The van der Waals surface area contributed by atoms with Crippen molar-refractivity contribution in [1.29, 1.82) is 0 Å². The van der Waals surface area contributed by atoms with E-state index in [1.54, 1.807) is 12.1 Å². The summed E-state index contributed by atoms with van der Waals surface area (Å²) in [6, 6.07) is 6.16. The van der Waals surface area contributed by atoms with E-state index in [0.717, 1.165) is 25.7 Å².